The molecule has 2 aromatic heterocycles. The molecule has 0 saturated carbocycles. The molecule has 9 heteroatoms. The van der Waals surface area contributed by atoms with Gasteiger partial charge in [-0.15, -0.1) is 5.10 Å². The molecule has 0 bridgehead atoms. The Labute approximate surface area is 177 Å². The van der Waals surface area contributed by atoms with Crippen LogP contribution in [-0.2, 0) is 11.3 Å². The molecule has 31 heavy (non-hydrogen) atoms. The van der Waals surface area contributed by atoms with Gasteiger partial charge in [0, 0.05) is 11.6 Å². The van der Waals surface area contributed by atoms with Gasteiger partial charge in [0.25, 0.3) is 0 Å². The third kappa shape index (κ3) is 4.11. The van der Waals surface area contributed by atoms with Crippen molar-refractivity contribution in [2.75, 3.05) is 19.5 Å². The quantitative estimate of drug-likeness (QED) is 0.516. The lowest BCUT2D eigenvalue weighted by atomic mass is 10.1. The van der Waals surface area contributed by atoms with Gasteiger partial charge >= 0.3 is 5.69 Å². The van der Waals surface area contributed by atoms with Gasteiger partial charge < -0.3 is 14.8 Å². The number of anilines is 1. The number of aromatic nitrogens is 4. The average Bonchev–Trinajstić information content (AvgIpc) is 3.08. The highest BCUT2D eigenvalue weighted by Crippen LogP contribution is 2.28. The molecule has 0 aliphatic carbocycles. The Morgan fingerprint density at radius 3 is 2.48 bits per heavy atom. The van der Waals surface area contributed by atoms with Gasteiger partial charge in [0.15, 0.2) is 5.65 Å². The van der Waals surface area contributed by atoms with Crippen LogP contribution >= 0.6 is 0 Å². The van der Waals surface area contributed by atoms with Crippen LogP contribution in [0.25, 0.3) is 16.9 Å². The molecule has 2 aromatic carbocycles. The molecule has 0 fully saturated rings. The van der Waals surface area contributed by atoms with E-state index in [1.54, 1.807) is 30.3 Å². The Balaban J connectivity index is 1.59. The van der Waals surface area contributed by atoms with E-state index in [-0.39, 0.29) is 6.54 Å². The summed E-state index contributed by atoms with van der Waals surface area (Å²) in [6, 6.07) is 16.4. The van der Waals surface area contributed by atoms with Crippen molar-refractivity contribution < 1.29 is 14.3 Å². The normalized spacial score (nSPS) is 10.8. The Morgan fingerprint density at radius 2 is 1.77 bits per heavy atom. The highest BCUT2D eigenvalue weighted by molar-refractivity contribution is 5.92. The summed E-state index contributed by atoms with van der Waals surface area (Å²) in [7, 11) is 3.03. The highest BCUT2D eigenvalue weighted by Gasteiger charge is 2.15. The minimum Gasteiger partial charge on any atom is -0.497 e. The number of nitrogens with one attached hydrogen (secondary N) is 1. The van der Waals surface area contributed by atoms with Gasteiger partial charge in [-0.1, -0.05) is 29.8 Å². The molecular formula is C22H21N5O4. The second kappa shape index (κ2) is 8.31. The molecule has 4 rings (SSSR count). The number of carbonyl (C=O) groups excluding carboxylic acids is 1. The zero-order chi connectivity index (χ0) is 22.0. The summed E-state index contributed by atoms with van der Waals surface area (Å²) >= 11 is 0. The fourth-order valence-corrected chi connectivity index (χ4v) is 3.13. The zero-order valence-corrected chi connectivity index (χ0v) is 17.3. The topological polar surface area (TPSA) is 99.8 Å². The van der Waals surface area contributed by atoms with Crippen molar-refractivity contribution in [3.05, 3.63) is 70.6 Å². The molecule has 2 heterocycles. The third-order valence-corrected chi connectivity index (χ3v) is 4.76. The number of methoxy groups -OCH3 is 2. The van der Waals surface area contributed by atoms with Crippen LogP contribution in [0.1, 0.15) is 5.56 Å². The van der Waals surface area contributed by atoms with Crippen molar-refractivity contribution in [2.24, 2.45) is 0 Å². The van der Waals surface area contributed by atoms with Crippen molar-refractivity contribution in [2.45, 2.75) is 13.5 Å². The van der Waals surface area contributed by atoms with Crippen molar-refractivity contribution in [1.29, 1.82) is 0 Å². The number of fused-ring (bicyclic) bond motifs is 1. The first kappa shape index (κ1) is 20.1. The smallest absolute Gasteiger partial charge is 0.367 e. The standard InChI is InChI=1S/C22H21N5O4/c1-14-4-6-15(7-5-14)17-9-11-20-25-26(22(29)27(20)24-17)13-21(28)23-18-12-16(30-2)8-10-19(18)31-3/h4-12H,13H2,1-3H3,(H,23,28). The average molecular weight is 419 g/mol. The predicted molar refractivity (Wildman–Crippen MR) is 116 cm³/mol. The predicted octanol–water partition coefficient (Wildman–Crippen LogP) is 2.52. The lowest BCUT2D eigenvalue weighted by Gasteiger charge is -2.11. The van der Waals surface area contributed by atoms with Crippen LogP contribution in [0.3, 0.4) is 0 Å². The maximum absolute atomic E-state index is 12.8. The number of amides is 1. The summed E-state index contributed by atoms with van der Waals surface area (Å²) in [6.07, 6.45) is 0. The molecule has 0 radical (unpaired) electrons. The molecular weight excluding hydrogens is 398 g/mol. The second-order valence-corrected chi connectivity index (χ2v) is 6.91. The van der Waals surface area contributed by atoms with Crippen LogP contribution in [0.5, 0.6) is 11.5 Å². The number of ether oxygens (including phenoxy) is 2. The molecule has 0 saturated heterocycles. The van der Waals surface area contributed by atoms with Gasteiger partial charge in [0.1, 0.15) is 18.0 Å². The van der Waals surface area contributed by atoms with Crippen LogP contribution in [0.2, 0.25) is 0 Å². The maximum atomic E-state index is 12.8. The van der Waals surface area contributed by atoms with Crippen LogP contribution in [-0.4, -0.2) is 39.5 Å². The van der Waals surface area contributed by atoms with Crippen LogP contribution in [0, 0.1) is 6.92 Å². The summed E-state index contributed by atoms with van der Waals surface area (Å²) in [4.78, 5) is 25.3. The molecule has 0 unspecified atom stereocenters. The first-order valence-corrected chi connectivity index (χ1v) is 9.54. The molecule has 0 aliphatic heterocycles. The second-order valence-electron chi connectivity index (χ2n) is 6.91. The van der Waals surface area contributed by atoms with Crippen LogP contribution in [0.15, 0.2) is 59.4 Å². The molecule has 1 N–H and O–H groups in total. The van der Waals surface area contributed by atoms with Gasteiger partial charge in [-0.2, -0.15) is 9.61 Å². The Morgan fingerprint density at radius 1 is 1.00 bits per heavy atom. The van der Waals surface area contributed by atoms with Crippen LogP contribution < -0.4 is 20.5 Å². The van der Waals surface area contributed by atoms with E-state index < -0.39 is 11.6 Å². The minimum absolute atomic E-state index is 0.275. The fraction of sp³-hybridized carbons (Fsp3) is 0.182. The van der Waals surface area contributed by atoms with E-state index in [1.165, 1.54) is 18.7 Å². The number of aryl methyl sites for hydroxylation is 1. The molecule has 1 amide bonds. The number of benzene rings is 2. The van der Waals surface area contributed by atoms with Crippen molar-refractivity contribution in [3.63, 3.8) is 0 Å². The minimum atomic E-state index is -0.503. The van der Waals surface area contributed by atoms with E-state index >= 15 is 0 Å². The number of carbonyl (C=O) groups is 1. The van der Waals surface area contributed by atoms with Gasteiger partial charge in [-0.05, 0) is 31.2 Å². The fourth-order valence-electron chi connectivity index (χ4n) is 3.13. The monoisotopic (exact) mass is 419 g/mol. The Bertz CT molecular complexity index is 1310. The number of hydrogen-bond acceptors (Lipinski definition) is 6. The Kier molecular flexibility index (Phi) is 5.40. The van der Waals surface area contributed by atoms with E-state index in [0.29, 0.717) is 28.5 Å². The van der Waals surface area contributed by atoms with E-state index in [9.17, 15) is 9.59 Å². The molecule has 4 aromatic rings. The lowest BCUT2D eigenvalue weighted by Crippen LogP contribution is -2.29. The Hall–Kier alpha value is -4.14. The summed E-state index contributed by atoms with van der Waals surface area (Å²) in [5, 5.41) is 11.3. The largest absolute Gasteiger partial charge is 0.497 e. The van der Waals surface area contributed by atoms with Gasteiger partial charge in [-0.3, -0.25) is 4.79 Å². The number of rotatable bonds is 6. The van der Waals surface area contributed by atoms with Crippen molar-refractivity contribution in [1.82, 2.24) is 19.4 Å². The van der Waals surface area contributed by atoms with Crippen LogP contribution in [0.4, 0.5) is 5.69 Å². The third-order valence-electron chi connectivity index (χ3n) is 4.76. The van der Waals surface area contributed by atoms with Crippen molar-refractivity contribution in [3.8, 4) is 22.8 Å². The number of hydrogen-bond donors (Lipinski definition) is 1. The highest BCUT2D eigenvalue weighted by atomic mass is 16.5. The maximum Gasteiger partial charge on any atom is 0.367 e. The summed E-state index contributed by atoms with van der Waals surface area (Å²) in [5.74, 6) is 0.602. The van der Waals surface area contributed by atoms with Gasteiger partial charge in [-0.25, -0.2) is 9.48 Å². The molecule has 0 spiro atoms. The van der Waals surface area contributed by atoms with E-state index in [1.807, 2.05) is 31.2 Å². The summed E-state index contributed by atoms with van der Waals surface area (Å²) in [6.45, 7) is 1.73. The summed E-state index contributed by atoms with van der Waals surface area (Å²) < 4.78 is 12.7. The first-order chi connectivity index (χ1) is 15.0. The first-order valence-electron chi connectivity index (χ1n) is 9.54. The van der Waals surface area contributed by atoms with E-state index in [2.05, 4.69) is 15.5 Å². The molecule has 9 nitrogen and oxygen atoms in total. The number of nitrogens with zero attached hydrogens (tertiary/aromatic N) is 4. The molecule has 0 atom stereocenters. The van der Waals surface area contributed by atoms with Gasteiger partial charge in [0.05, 0.1) is 25.6 Å². The van der Waals surface area contributed by atoms with E-state index in [0.717, 1.165) is 15.8 Å². The summed E-state index contributed by atoms with van der Waals surface area (Å²) in [5.41, 5.74) is 2.94. The molecule has 0 aliphatic rings. The zero-order valence-electron chi connectivity index (χ0n) is 17.3. The SMILES string of the molecule is COc1ccc(OC)c(NC(=O)Cn2nc3ccc(-c4ccc(C)cc4)nn3c2=O)c1. The van der Waals surface area contributed by atoms with Crippen molar-refractivity contribution >= 4 is 17.2 Å². The molecule has 158 valence electrons. The van der Waals surface area contributed by atoms with E-state index in [4.69, 9.17) is 9.47 Å². The lowest BCUT2D eigenvalue weighted by molar-refractivity contribution is -0.117. The van der Waals surface area contributed by atoms with Gasteiger partial charge in [0.2, 0.25) is 5.91 Å².